The zero-order valence-corrected chi connectivity index (χ0v) is 14.1. The number of aliphatic hydroxyl groups is 1. The van der Waals surface area contributed by atoms with Crippen molar-refractivity contribution in [2.75, 3.05) is 0 Å². The van der Waals surface area contributed by atoms with Gasteiger partial charge in [0.15, 0.2) is 0 Å². The number of halogens is 1. The smallest absolute Gasteiger partial charge is 0.330 e. The Balaban J connectivity index is 1.72. The second-order valence-electron chi connectivity index (χ2n) is 5.65. The molecule has 6 heteroatoms. The Labute approximate surface area is 136 Å². The summed E-state index contributed by atoms with van der Waals surface area (Å²) in [7, 11) is 0. The average Bonchev–Trinajstić information content (AvgIpc) is 2.74. The highest BCUT2D eigenvalue weighted by molar-refractivity contribution is 9.12. The van der Waals surface area contributed by atoms with Crippen molar-refractivity contribution >= 4 is 33.7 Å². The second kappa shape index (κ2) is 5.25. The molecule has 2 heterocycles. The van der Waals surface area contributed by atoms with Gasteiger partial charge in [-0.05, 0) is 35.3 Å². The number of rotatable bonds is 3. The standard InChI is InChI=1S/C15H16BrNO3S/c1-15(2)11(17-12(18)10(16)13(17)21-15)14(19)20-8-9-6-4-3-5-7-9/h3-7,11,13,18H,8H2,1-2H3/t11-,13?/m0/s1. The summed E-state index contributed by atoms with van der Waals surface area (Å²) >= 11 is 5.00. The normalized spacial score (nSPS) is 26.3. The predicted octanol–water partition coefficient (Wildman–Crippen LogP) is 3.39. The molecule has 21 heavy (non-hydrogen) atoms. The van der Waals surface area contributed by atoms with Gasteiger partial charge in [0, 0.05) is 4.75 Å². The van der Waals surface area contributed by atoms with Crippen LogP contribution < -0.4 is 0 Å². The number of benzene rings is 1. The highest BCUT2D eigenvalue weighted by atomic mass is 79.9. The SMILES string of the molecule is CC1(C)SC2C(Br)=C(O)N2[C@H]1C(=O)OCc1ccccc1. The zero-order chi connectivity index (χ0) is 15.2. The Morgan fingerprint density at radius 3 is 2.76 bits per heavy atom. The summed E-state index contributed by atoms with van der Waals surface area (Å²) in [5.41, 5.74) is 0.954. The fraction of sp³-hybridized carbons (Fsp3) is 0.400. The van der Waals surface area contributed by atoms with Crippen molar-refractivity contribution in [3.8, 4) is 0 Å². The van der Waals surface area contributed by atoms with E-state index >= 15 is 0 Å². The van der Waals surface area contributed by atoms with E-state index < -0.39 is 6.04 Å². The third-order valence-electron chi connectivity index (χ3n) is 3.73. The van der Waals surface area contributed by atoms with E-state index in [9.17, 15) is 9.90 Å². The Morgan fingerprint density at radius 1 is 1.43 bits per heavy atom. The highest BCUT2D eigenvalue weighted by Crippen LogP contribution is 2.55. The lowest BCUT2D eigenvalue weighted by atomic mass is 10.0. The van der Waals surface area contributed by atoms with E-state index in [1.165, 1.54) is 0 Å². The largest absolute Gasteiger partial charge is 0.494 e. The van der Waals surface area contributed by atoms with E-state index in [0.717, 1.165) is 10.0 Å². The Kier molecular flexibility index (Phi) is 3.69. The van der Waals surface area contributed by atoms with Crippen LogP contribution in [0.3, 0.4) is 0 Å². The lowest BCUT2D eigenvalue weighted by Crippen LogP contribution is -2.52. The van der Waals surface area contributed by atoms with E-state index in [1.807, 2.05) is 44.2 Å². The van der Waals surface area contributed by atoms with Crippen LogP contribution in [0, 0.1) is 0 Å². The summed E-state index contributed by atoms with van der Waals surface area (Å²) in [5, 5.41) is 9.97. The number of hydrogen-bond donors (Lipinski definition) is 1. The van der Waals surface area contributed by atoms with E-state index in [4.69, 9.17) is 4.74 Å². The van der Waals surface area contributed by atoms with Crippen LogP contribution in [-0.2, 0) is 16.1 Å². The number of carbonyl (C=O) groups excluding carboxylic acids is 1. The molecule has 4 nitrogen and oxygen atoms in total. The predicted molar refractivity (Wildman–Crippen MR) is 85.9 cm³/mol. The molecule has 2 aliphatic rings. The molecular formula is C15H16BrNO3S. The first-order valence-electron chi connectivity index (χ1n) is 6.67. The Bertz CT molecular complexity index is 602. The van der Waals surface area contributed by atoms with Gasteiger partial charge in [-0.3, -0.25) is 0 Å². The fourth-order valence-corrected chi connectivity index (χ4v) is 4.82. The van der Waals surface area contributed by atoms with Crippen LogP contribution in [-0.4, -0.2) is 32.1 Å². The van der Waals surface area contributed by atoms with Crippen LogP contribution in [0.5, 0.6) is 0 Å². The van der Waals surface area contributed by atoms with Crippen LogP contribution >= 0.6 is 27.7 Å². The number of esters is 1. The minimum atomic E-state index is -0.475. The van der Waals surface area contributed by atoms with Crippen LogP contribution in [0.25, 0.3) is 0 Å². The molecule has 0 bridgehead atoms. The summed E-state index contributed by atoms with van der Waals surface area (Å²) in [6.45, 7) is 4.25. The molecule has 2 atom stereocenters. The molecule has 0 aromatic heterocycles. The minimum Gasteiger partial charge on any atom is -0.494 e. The molecule has 1 aromatic carbocycles. The number of hydrogen-bond acceptors (Lipinski definition) is 5. The highest BCUT2D eigenvalue weighted by Gasteiger charge is 2.59. The van der Waals surface area contributed by atoms with E-state index in [2.05, 4.69) is 15.9 Å². The van der Waals surface area contributed by atoms with Crippen molar-refractivity contribution in [3.05, 3.63) is 46.3 Å². The monoisotopic (exact) mass is 369 g/mol. The van der Waals surface area contributed by atoms with Gasteiger partial charge >= 0.3 is 5.97 Å². The van der Waals surface area contributed by atoms with Crippen LogP contribution in [0.2, 0.25) is 0 Å². The molecule has 1 saturated heterocycles. The van der Waals surface area contributed by atoms with Crippen LogP contribution in [0.15, 0.2) is 40.7 Å². The van der Waals surface area contributed by atoms with Gasteiger partial charge in [-0.25, -0.2) is 4.79 Å². The number of nitrogens with zero attached hydrogens (tertiary/aromatic N) is 1. The molecular weight excluding hydrogens is 354 g/mol. The van der Waals surface area contributed by atoms with Gasteiger partial charge in [0.25, 0.3) is 0 Å². The molecule has 0 saturated carbocycles. The lowest BCUT2D eigenvalue weighted by Gasteiger charge is -2.38. The summed E-state index contributed by atoms with van der Waals surface area (Å²) in [5.74, 6) is -0.162. The summed E-state index contributed by atoms with van der Waals surface area (Å²) in [6, 6.07) is 9.11. The van der Waals surface area contributed by atoms with Crippen LogP contribution in [0.1, 0.15) is 19.4 Å². The molecule has 1 unspecified atom stereocenters. The van der Waals surface area contributed by atoms with Crippen LogP contribution in [0.4, 0.5) is 0 Å². The van der Waals surface area contributed by atoms with Crippen molar-refractivity contribution < 1.29 is 14.6 Å². The van der Waals surface area contributed by atoms with Crippen molar-refractivity contribution in [1.29, 1.82) is 0 Å². The van der Waals surface area contributed by atoms with Gasteiger partial charge in [-0.2, -0.15) is 0 Å². The van der Waals surface area contributed by atoms with E-state index in [-0.39, 0.29) is 28.6 Å². The third-order valence-corrected chi connectivity index (χ3v) is 6.34. The van der Waals surface area contributed by atoms with Gasteiger partial charge in [0.05, 0.1) is 4.48 Å². The Hall–Kier alpha value is -1.14. The van der Waals surface area contributed by atoms with Gasteiger partial charge in [0.1, 0.15) is 18.0 Å². The first-order chi connectivity index (χ1) is 9.92. The summed E-state index contributed by atoms with van der Waals surface area (Å²) < 4.78 is 5.87. The molecule has 3 rings (SSSR count). The number of aliphatic hydroxyl groups excluding tert-OH is 1. The van der Waals surface area contributed by atoms with Gasteiger partial charge in [-0.1, -0.05) is 30.3 Å². The van der Waals surface area contributed by atoms with E-state index in [0.29, 0.717) is 0 Å². The number of thioether (sulfide) groups is 1. The van der Waals surface area contributed by atoms with Crippen molar-refractivity contribution in [2.24, 2.45) is 0 Å². The molecule has 0 aliphatic carbocycles. The van der Waals surface area contributed by atoms with Gasteiger partial charge < -0.3 is 14.7 Å². The Morgan fingerprint density at radius 2 is 2.10 bits per heavy atom. The number of carbonyl (C=O) groups is 1. The minimum absolute atomic E-state index is 0.00859. The maximum Gasteiger partial charge on any atom is 0.330 e. The maximum absolute atomic E-state index is 12.5. The average molecular weight is 370 g/mol. The summed E-state index contributed by atoms with van der Waals surface area (Å²) in [6.07, 6.45) is 0. The van der Waals surface area contributed by atoms with Crippen molar-refractivity contribution in [2.45, 2.75) is 36.6 Å². The fourth-order valence-electron chi connectivity index (χ4n) is 2.66. The second-order valence-corrected chi connectivity index (χ2v) is 8.24. The molecule has 1 aromatic rings. The molecule has 0 spiro atoms. The molecule has 0 amide bonds. The quantitative estimate of drug-likeness (QED) is 0.827. The maximum atomic E-state index is 12.5. The molecule has 2 aliphatic heterocycles. The molecule has 0 radical (unpaired) electrons. The summed E-state index contributed by atoms with van der Waals surface area (Å²) in [4.78, 5) is 14.2. The molecule has 112 valence electrons. The van der Waals surface area contributed by atoms with E-state index in [1.54, 1.807) is 16.7 Å². The number of ether oxygens (including phenoxy) is 1. The zero-order valence-electron chi connectivity index (χ0n) is 11.7. The molecule has 1 N–H and O–H groups in total. The first-order valence-corrected chi connectivity index (χ1v) is 8.34. The first kappa shape index (κ1) is 14.8. The lowest BCUT2D eigenvalue weighted by molar-refractivity contribution is -0.152. The van der Waals surface area contributed by atoms with Crippen molar-refractivity contribution in [3.63, 3.8) is 0 Å². The van der Waals surface area contributed by atoms with Crippen molar-refractivity contribution in [1.82, 2.24) is 4.90 Å². The van der Waals surface area contributed by atoms with Gasteiger partial charge in [0.2, 0.25) is 5.88 Å². The van der Waals surface area contributed by atoms with Gasteiger partial charge in [-0.15, -0.1) is 11.8 Å². The molecule has 1 fully saturated rings. The topological polar surface area (TPSA) is 49.8 Å². The third kappa shape index (κ3) is 2.44. The number of fused-ring (bicyclic) bond motifs is 1.